The van der Waals surface area contributed by atoms with E-state index in [1.165, 1.54) is 18.1 Å². The Morgan fingerprint density at radius 1 is 1.10 bits per heavy atom. The van der Waals surface area contributed by atoms with Gasteiger partial charge >= 0.3 is 11.7 Å². The minimum Gasteiger partial charge on any atom is -0.490 e. The molecule has 9 nitrogen and oxygen atoms in total. The molecule has 9 heteroatoms. The Kier molecular flexibility index (Phi) is 5.00. The number of carbonyl (C=O) groups is 2. The second-order valence-electron chi connectivity index (χ2n) is 6.83. The molecule has 0 radical (unpaired) electrons. The molecule has 0 atom stereocenters. The van der Waals surface area contributed by atoms with Crippen LogP contribution in [0.15, 0.2) is 60.7 Å². The van der Waals surface area contributed by atoms with Gasteiger partial charge in [-0.1, -0.05) is 18.2 Å². The molecule has 0 fully saturated rings. The second kappa shape index (κ2) is 7.79. The molecule has 0 unspecified atom stereocenters. The zero-order valence-electron chi connectivity index (χ0n) is 16.4. The zero-order valence-corrected chi connectivity index (χ0v) is 16.4. The molecule has 3 aromatic carbocycles. The molecule has 3 aromatic rings. The number of anilines is 3. The van der Waals surface area contributed by atoms with E-state index in [4.69, 9.17) is 4.74 Å². The molecule has 0 aromatic heterocycles. The van der Waals surface area contributed by atoms with Crippen LogP contribution in [0.3, 0.4) is 0 Å². The van der Waals surface area contributed by atoms with Crippen LogP contribution in [0.25, 0.3) is 11.1 Å². The summed E-state index contributed by atoms with van der Waals surface area (Å²) in [6.45, 7) is -0.474. The van der Waals surface area contributed by atoms with E-state index in [9.17, 15) is 24.8 Å². The Morgan fingerprint density at radius 3 is 2.52 bits per heavy atom. The van der Waals surface area contributed by atoms with E-state index in [1.807, 2.05) is 0 Å². The number of carboxylic acid groups (broad SMARTS) is 1. The van der Waals surface area contributed by atoms with Gasteiger partial charge in [0.15, 0.2) is 5.75 Å². The maximum atomic E-state index is 13.1. The van der Waals surface area contributed by atoms with E-state index in [-0.39, 0.29) is 11.4 Å². The van der Waals surface area contributed by atoms with Gasteiger partial charge in [-0.25, -0.2) is 0 Å². The van der Waals surface area contributed by atoms with Gasteiger partial charge < -0.3 is 15.2 Å². The number of nitro benzene ring substituents is 1. The molecule has 1 amide bonds. The molecule has 0 bridgehead atoms. The molecule has 1 aliphatic heterocycles. The number of para-hydroxylation sites is 2. The van der Waals surface area contributed by atoms with Gasteiger partial charge in [0, 0.05) is 6.07 Å². The van der Waals surface area contributed by atoms with Crippen molar-refractivity contribution in [1.82, 2.24) is 0 Å². The van der Waals surface area contributed by atoms with E-state index in [0.717, 1.165) is 0 Å². The highest BCUT2D eigenvalue weighted by atomic mass is 16.6. The van der Waals surface area contributed by atoms with Gasteiger partial charge in [0.2, 0.25) is 0 Å². The van der Waals surface area contributed by atoms with Gasteiger partial charge in [-0.3, -0.25) is 24.6 Å². The van der Waals surface area contributed by atoms with Crippen LogP contribution in [0.5, 0.6) is 5.75 Å². The summed E-state index contributed by atoms with van der Waals surface area (Å²) in [5.74, 6) is -1.44. The van der Waals surface area contributed by atoms with Crippen LogP contribution < -0.4 is 15.0 Å². The SMILES string of the molecule is COc1cc(-c2ccc3c(c2)Nc2ccccc2N(CC(=O)O)C3=O)ccc1[N+](=O)[O-]. The van der Waals surface area contributed by atoms with Crippen LogP contribution in [0.2, 0.25) is 0 Å². The Labute approximate surface area is 176 Å². The van der Waals surface area contributed by atoms with Crippen LogP contribution in [-0.4, -0.2) is 35.6 Å². The van der Waals surface area contributed by atoms with Crippen molar-refractivity contribution in [2.45, 2.75) is 0 Å². The Morgan fingerprint density at radius 2 is 1.81 bits per heavy atom. The Hall–Kier alpha value is -4.40. The molecule has 1 aliphatic rings. The average Bonchev–Trinajstić information content (AvgIpc) is 2.87. The number of carbonyl (C=O) groups excluding carboxylic acids is 1. The number of aliphatic carboxylic acids is 1. The number of methoxy groups -OCH3 is 1. The van der Waals surface area contributed by atoms with Gasteiger partial charge in [-0.05, 0) is 47.5 Å². The smallest absolute Gasteiger partial charge is 0.323 e. The van der Waals surface area contributed by atoms with Crippen LogP contribution in [0.1, 0.15) is 10.4 Å². The summed E-state index contributed by atoms with van der Waals surface area (Å²) in [5, 5.41) is 23.6. The van der Waals surface area contributed by atoms with E-state index in [1.54, 1.807) is 54.6 Å². The molecule has 2 N–H and O–H groups in total. The van der Waals surface area contributed by atoms with Crippen LogP contribution in [-0.2, 0) is 4.79 Å². The molecular weight excluding hydrogens is 402 g/mol. The first-order chi connectivity index (χ1) is 14.9. The molecule has 1 heterocycles. The van der Waals surface area contributed by atoms with Crippen molar-refractivity contribution in [3.63, 3.8) is 0 Å². The number of nitro groups is 1. The van der Waals surface area contributed by atoms with Gasteiger partial charge in [-0.2, -0.15) is 0 Å². The summed E-state index contributed by atoms with van der Waals surface area (Å²) in [7, 11) is 1.36. The van der Waals surface area contributed by atoms with E-state index < -0.39 is 23.3 Å². The normalized spacial score (nSPS) is 12.3. The largest absolute Gasteiger partial charge is 0.490 e. The predicted octanol–water partition coefficient (Wildman–Crippen LogP) is 4.06. The maximum absolute atomic E-state index is 13.1. The Bertz CT molecular complexity index is 1220. The van der Waals surface area contributed by atoms with Gasteiger partial charge in [-0.15, -0.1) is 0 Å². The second-order valence-corrected chi connectivity index (χ2v) is 6.83. The molecule has 156 valence electrons. The molecule has 0 saturated carbocycles. The topological polar surface area (TPSA) is 122 Å². The summed E-state index contributed by atoms with van der Waals surface area (Å²) in [5.41, 5.74) is 3.09. The monoisotopic (exact) mass is 419 g/mol. The van der Waals surface area contributed by atoms with Gasteiger partial charge in [0.05, 0.1) is 34.7 Å². The fraction of sp³-hybridized carbons (Fsp3) is 0.0909. The number of amides is 1. The third kappa shape index (κ3) is 3.64. The first-order valence-corrected chi connectivity index (χ1v) is 9.25. The van der Waals surface area contributed by atoms with Crippen LogP contribution in [0, 0.1) is 10.1 Å². The van der Waals surface area contributed by atoms with Crippen molar-refractivity contribution in [3.05, 3.63) is 76.3 Å². The lowest BCUT2D eigenvalue weighted by Gasteiger charge is -2.20. The van der Waals surface area contributed by atoms with E-state index >= 15 is 0 Å². The van der Waals surface area contributed by atoms with Crippen molar-refractivity contribution in [2.75, 3.05) is 23.9 Å². The average molecular weight is 419 g/mol. The summed E-state index contributed by atoms with van der Waals surface area (Å²) < 4.78 is 5.14. The lowest BCUT2D eigenvalue weighted by Crippen LogP contribution is -2.35. The first kappa shape index (κ1) is 19.9. The minimum atomic E-state index is -1.12. The number of fused-ring (bicyclic) bond motifs is 2. The highest BCUT2D eigenvalue weighted by molar-refractivity contribution is 6.15. The number of nitrogens with zero attached hydrogens (tertiary/aromatic N) is 2. The van der Waals surface area contributed by atoms with E-state index in [2.05, 4.69) is 5.32 Å². The maximum Gasteiger partial charge on any atom is 0.323 e. The highest BCUT2D eigenvalue weighted by Crippen LogP contribution is 2.38. The van der Waals surface area contributed by atoms with Gasteiger partial charge in [0.25, 0.3) is 5.91 Å². The fourth-order valence-corrected chi connectivity index (χ4v) is 3.53. The van der Waals surface area contributed by atoms with Crippen molar-refractivity contribution in [2.24, 2.45) is 0 Å². The molecule has 0 spiro atoms. The molecule has 0 saturated heterocycles. The number of hydrogen-bond acceptors (Lipinski definition) is 6. The quantitative estimate of drug-likeness (QED) is 0.472. The lowest BCUT2D eigenvalue weighted by molar-refractivity contribution is -0.385. The predicted molar refractivity (Wildman–Crippen MR) is 114 cm³/mol. The molecule has 0 aliphatic carbocycles. The lowest BCUT2D eigenvalue weighted by atomic mass is 10.0. The van der Waals surface area contributed by atoms with Crippen molar-refractivity contribution in [3.8, 4) is 16.9 Å². The summed E-state index contributed by atoms with van der Waals surface area (Å²) in [6, 6.07) is 16.5. The first-order valence-electron chi connectivity index (χ1n) is 9.25. The van der Waals surface area contributed by atoms with Crippen molar-refractivity contribution in [1.29, 1.82) is 0 Å². The number of carboxylic acids is 1. The minimum absolute atomic E-state index is 0.124. The zero-order chi connectivity index (χ0) is 22.1. The van der Waals surface area contributed by atoms with Crippen molar-refractivity contribution < 1.29 is 24.4 Å². The summed E-state index contributed by atoms with van der Waals surface area (Å²) in [4.78, 5) is 36.3. The molecule has 4 rings (SSSR count). The van der Waals surface area contributed by atoms with Crippen molar-refractivity contribution >= 4 is 34.6 Å². The molecule has 31 heavy (non-hydrogen) atoms. The molecular formula is C22H17N3O6. The standard InChI is InChI=1S/C22H17N3O6/c1-31-20-11-14(7-9-19(20)25(29)30)13-6-8-15-17(10-13)23-16-4-2-3-5-18(16)24(22(15)28)12-21(26)27/h2-11,23H,12H2,1H3,(H,26,27). The summed E-state index contributed by atoms with van der Waals surface area (Å²) >= 11 is 0. The number of ether oxygens (including phenoxy) is 1. The third-order valence-corrected chi connectivity index (χ3v) is 4.96. The van der Waals surface area contributed by atoms with Gasteiger partial charge in [0.1, 0.15) is 6.54 Å². The third-order valence-electron chi connectivity index (χ3n) is 4.96. The Balaban J connectivity index is 1.81. The number of nitrogens with one attached hydrogen (secondary N) is 1. The van der Waals surface area contributed by atoms with Crippen LogP contribution in [0.4, 0.5) is 22.7 Å². The number of hydrogen-bond donors (Lipinski definition) is 2. The number of rotatable bonds is 5. The highest BCUT2D eigenvalue weighted by Gasteiger charge is 2.28. The number of benzene rings is 3. The fourth-order valence-electron chi connectivity index (χ4n) is 3.53. The summed E-state index contributed by atoms with van der Waals surface area (Å²) in [6.07, 6.45) is 0. The van der Waals surface area contributed by atoms with Crippen LogP contribution >= 0.6 is 0 Å². The van der Waals surface area contributed by atoms with E-state index in [0.29, 0.717) is 33.8 Å².